The van der Waals surface area contributed by atoms with Gasteiger partial charge in [0.25, 0.3) is 5.56 Å². The van der Waals surface area contributed by atoms with Crippen LogP contribution in [-0.2, 0) is 16.1 Å². The van der Waals surface area contributed by atoms with E-state index in [0.717, 1.165) is 26.3 Å². The average Bonchev–Trinajstić information content (AvgIpc) is 3.03. The third-order valence-electron chi connectivity index (χ3n) is 4.80. The van der Waals surface area contributed by atoms with Crippen LogP contribution in [0.1, 0.15) is 51.3 Å². The maximum atomic E-state index is 12.5. The van der Waals surface area contributed by atoms with Crippen molar-refractivity contribution < 1.29 is 22.7 Å². The Morgan fingerprint density at radius 1 is 1.41 bits per heavy atom. The predicted molar refractivity (Wildman–Crippen MR) is 91.1 cm³/mol. The molecule has 1 fully saturated rings. The maximum Gasteiger partial charge on any atom is 0.471 e. The molecular formula is C17H24F3N3O4. The van der Waals surface area contributed by atoms with E-state index in [0.29, 0.717) is 17.2 Å². The Kier molecular flexibility index (Phi) is 6.50. The number of ether oxygens (including phenoxy) is 1. The van der Waals surface area contributed by atoms with Crippen molar-refractivity contribution in [3.63, 3.8) is 0 Å². The molecule has 0 aliphatic carbocycles. The highest BCUT2D eigenvalue weighted by molar-refractivity contribution is 5.81. The molecule has 1 amide bonds. The maximum absolute atomic E-state index is 12.5. The van der Waals surface area contributed by atoms with Crippen molar-refractivity contribution in [1.29, 1.82) is 0 Å². The Bertz CT molecular complexity index is 787. The van der Waals surface area contributed by atoms with E-state index in [4.69, 9.17) is 4.74 Å². The standard InChI is InChI=1S/C17H24F3N3O4/c1-4-10(2)7-12-5-6-13(27-12)23-9-11(14(24)21-16(23)26)8-22(3)15(25)17(18,19)20/h9-10,12-13H,4-8H2,1-3H3,(H,21,24,26)/t10?,12?,13-/m1/s1. The molecule has 2 unspecified atom stereocenters. The smallest absolute Gasteiger partial charge is 0.355 e. The fourth-order valence-electron chi connectivity index (χ4n) is 3.08. The van der Waals surface area contributed by atoms with Crippen LogP contribution in [0.5, 0.6) is 0 Å². The summed E-state index contributed by atoms with van der Waals surface area (Å²) < 4.78 is 44.6. The largest absolute Gasteiger partial charge is 0.471 e. The van der Waals surface area contributed by atoms with E-state index >= 15 is 0 Å². The normalized spacial score (nSPS) is 21.3. The number of nitrogens with zero attached hydrogens (tertiary/aromatic N) is 2. The minimum atomic E-state index is -5.03. The van der Waals surface area contributed by atoms with Crippen molar-refractivity contribution in [2.75, 3.05) is 7.05 Å². The first-order valence-electron chi connectivity index (χ1n) is 8.85. The number of hydrogen-bond donors (Lipinski definition) is 1. The molecular weight excluding hydrogens is 367 g/mol. The summed E-state index contributed by atoms with van der Waals surface area (Å²) in [6.45, 7) is 3.61. The lowest BCUT2D eigenvalue weighted by atomic mass is 10.00. The molecule has 10 heteroatoms. The molecule has 2 rings (SSSR count). The quantitative estimate of drug-likeness (QED) is 0.806. The molecule has 3 atom stereocenters. The molecule has 2 heterocycles. The van der Waals surface area contributed by atoms with Crippen LogP contribution in [0.4, 0.5) is 13.2 Å². The number of carbonyl (C=O) groups is 1. The average molecular weight is 391 g/mol. The zero-order chi connectivity index (χ0) is 20.4. The second-order valence-corrected chi connectivity index (χ2v) is 7.02. The summed E-state index contributed by atoms with van der Waals surface area (Å²) in [6, 6.07) is 0. The monoisotopic (exact) mass is 391 g/mol. The van der Waals surface area contributed by atoms with Crippen molar-refractivity contribution in [2.24, 2.45) is 5.92 Å². The predicted octanol–water partition coefficient (Wildman–Crippen LogP) is 2.17. The van der Waals surface area contributed by atoms with E-state index in [-0.39, 0.29) is 11.7 Å². The fourth-order valence-corrected chi connectivity index (χ4v) is 3.08. The zero-order valence-electron chi connectivity index (χ0n) is 15.5. The molecule has 1 saturated heterocycles. The number of alkyl halides is 3. The number of carbonyl (C=O) groups excluding carboxylic acids is 1. The topological polar surface area (TPSA) is 84.4 Å². The van der Waals surface area contributed by atoms with Crippen molar-refractivity contribution in [3.8, 4) is 0 Å². The lowest BCUT2D eigenvalue weighted by Gasteiger charge is -2.20. The SMILES string of the molecule is CCC(C)CC1CC[C@H](n2cc(CN(C)C(=O)C(F)(F)F)c(=O)[nH]c2=O)O1. The second kappa shape index (κ2) is 8.28. The molecule has 1 aliphatic heterocycles. The molecule has 0 spiro atoms. The van der Waals surface area contributed by atoms with Crippen LogP contribution in [0.2, 0.25) is 0 Å². The van der Waals surface area contributed by atoms with Crippen LogP contribution >= 0.6 is 0 Å². The number of aromatic nitrogens is 2. The minimum Gasteiger partial charge on any atom is -0.355 e. The molecule has 7 nitrogen and oxygen atoms in total. The van der Waals surface area contributed by atoms with E-state index in [1.807, 2.05) is 0 Å². The Hall–Kier alpha value is -2.10. The summed E-state index contributed by atoms with van der Waals surface area (Å²) in [7, 11) is 0.943. The van der Waals surface area contributed by atoms with Gasteiger partial charge in [0.2, 0.25) is 0 Å². The number of nitrogens with one attached hydrogen (secondary N) is 1. The number of amides is 1. The summed E-state index contributed by atoms with van der Waals surface area (Å²) >= 11 is 0. The lowest BCUT2D eigenvalue weighted by Crippen LogP contribution is -2.41. The Balaban J connectivity index is 2.18. The molecule has 152 valence electrons. The number of hydrogen-bond acceptors (Lipinski definition) is 4. The fraction of sp³-hybridized carbons (Fsp3) is 0.706. The van der Waals surface area contributed by atoms with Gasteiger partial charge in [-0.3, -0.25) is 19.1 Å². The van der Waals surface area contributed by atoms with Gasteiger partial charge in [-0.1, -0.05) is 20.3 Å². The highest BCUT2D eigenvalue weighted by Gasteiger charge is 2.41. The highest BCUT2D eigenvalue weighted by Crippen LogP contribution is 2.31. The second-order valence-electron chi connectivity index (χ2n) is 7.02. The van der Waals surface area contributed by atoms with Gasteiger partial charge in [-0.2, -0.15) is 13.2 Å². The van der Waals surface area contributed by atoms with Crippen LogP contribution in [-0.4, -0.2) is 39.7 Å². The summed E-state index contributed by atoms with van der Waals surface area (Å²) in [5.41, 5.74) is -1.64. The van der Waals surface area contributed by atoms with Gasteiger partial charge in [0.15, 0.2) is 0 Å². The number of rotatable bonds is 6. The molecule has 27 heavy (non-hydrogen) atoms. The lowest BCUT2D eigenvalue weighted by molar-refractivity contribution is -0.184. The molecule has 0 saturated carbocycles. The Labute approximate surface area is 154 Å². The van der Waals surface area contributed by atoms with E-state index < -0.39 is 36.1 Å². The third kappa shape index (κ3) is 5.21. The van der Waals surface area contributed by atoms with E-state index in [9.17, 15) is 27.6 Å². The van der Waals surface area contributed by atoms with Crippen LogP contribution in [0.3, 0.4) is 0 Å². The van der Waals surface area contributed by atoms with Crippen molar-refractivity contribution in [1.82, 2.24) is 14.5 Å². The summed E-state index contributed by atoms with van der Waals surface area (Å²) in [5.74, 6) is -1.59. The first kappa shape index (κ1) is 21.2. The van der Waals surface area contributed by atoms with Crippen LogP contribution in [0, 0.1) is 5.92 Å². The van der Waals surface area contributed by atoms with Gasteiger partial charge >= 0.3 is 17.8 Å². The van der Waals surface area contributed by atoms with Crippen molar-refractivity contribution in [3.05, 3.63) is 32.6 Å². The minimum absolute atomic E-state index is 0.0123. The van der Waals surface area contributed by atoms with Crippen molar-refractivity contribution in [2.45, 2.75) is 64.6 Å². The van der Waals surface area contributed by atoms with E-state index in [1.54, 1.807) is 0 Å². The number of H-pyrrole nitrogens is 1. The van der Waals surface area contributed by atoms with Gasteiger partial charge in [-0.25, -0.2) is 4.79 Å². The number of halogens is 3. The van der Waals surface area contributed by atoms with E-state index in [1.165, 1.54) is 10.8 Å². The highest BCUT2D eigenvalue weighted by atomic mass is 19.4. The number of aromatic amines is 1. The van der Waals surface area contributed by atoms with Gasteiger partial charge in [-0.15, -0.1) is 0 Å². The first-order valence-corrected chi connectivity index (χ1v) is 8.85. The van der Waals surface area contributed by atoms with Crippen molar-refractivity contribution >= 4 is 5.91 Å². The summed E-state index contributed by atoms with van der Waals surface area (Å²) in [4.78, 5) is 37.8. The van der Waals surface area contributed by atoms with Crippen LogP contribution in [0.25, 0.3) is 0 Å². The summed E-state index contributed by atoms with van der Waals surface area (Å²) in [5, 5.41) is 0. The third-order valence-corrected chi connectivity index (χ3v) is 4.80. The summed E-state index contributed by atoms with van der Waals surface area (Å²) in [6.07, 6.45) is -1.29. The molecule has 1 aromatic rings. The Morgan fingerprint density at radius 2 is 2.07 bits per heavy atom. The van der Waals surface area contributed by atoms with Crippen LogP contribution in [0.15, 0.2) is 15.8 Å². The van der Waals surface area contributed by atoms with Gasteiger partial charge in [-0.05, 0) is 25.2 Å². The van der Waals surface area contributed by atoms with Crippen LogP contribution < -0.4 is 11.2 Å². The van der Waals surface area contributed by atoms with E-state index in [2.05, 4.69) is 18.8 Å². The molecule has 0 radical (unpaired) electrons. The molecule has 1 aromatic heterocycles. The van der Waals surface area contributed by atoms with Gasteiger partial charge in [0.1, 0.15) is 6.23 Å². The first-order chi connectivity index (χ1) is 12.5. The zero-order valence-corrected chi connectivity index (χ0v) is 15.5. The van der Waals surface area contributed by atoms with Gasteiger partial charge in [0.05, 0.1) is 18.2 Å². The Morgan fingerprint density at radius 3 is 2.67 bits per heavy atom. The molecule has 1 aliphatic rings. The molecule has 1 N–H and O–H groups in total. The molecule has 0 bridgehead atoms. The van der Waals surface area contributed by atoms with Gasteiger partial charge < -0.3 is 9.64 Å². The molecule has 0 aromatic carbocycles. The van der Waals surface area contributed by atoms with Gasteiger partial charge in [0, 0.05) is 13.2 Å².